The van der Waals surface area contributed by atoms with Crippen molar-refractivity contribution in [1.82, 2.24) is 40.9 Å². The number of nitrogen functional groups attached to an aromatic ring is 1. The number of likely N-dealkylation sites (N-methyl/N-ethyl adjacent to an activating group) is 1. The van der Waals surface area contributed by atoms with Gasteiger partial charge in [0.25, 0.3) is 5.91 Å². The highest BCUT2D eigenvalue weighted by atomic mass is 16.4. The summed E-state index contributed by atoms with van der Waals surface area (Å²) < 4.78 is 0. The van der Waals surface area contributed by atoms with Crippen molar-refractivity contribution >= 4 is 47.3 Å². The number of amides is 8. The average molecular weight is 720 g/mol. The molecule has 0 atom stereocenters. The number of unbranched alkanes of at least 4 members (excludes halogenated alkanes) is 1. The molecular formula is C34H57N9O8. The van der Waals surface area contributed by atoms with Crippen LogP contribution in [-0.2, 0) is 19.2 Å². The number of hydrogen-bond donors (Lipinski definition) is 6. The Morgan fingerprint density at radius 3 is 1.96 bits per heavy atom. The zero-order valence-electron chi connectivity index (χ0n) is 29.2. The summed E-state index contributed by atoms with van der Waals surface area (Å²) in [5, 5.41) is 19.4. The van der Waals surface area contributed by atoms with Crippen molar-refractivity contribution < 1.29 is 38.7 Å². The minimum atomic E-state index is -0.836. The fraction of sp³-hybridized carbons (Fsp3) is 0.618. The van der Waals surface area contributed by atoms with E-state index in [4.69, 9.17) is 10.8 Å². The van der Waals surface area contributed by atoms with Gasteiger partial charge < -0.3 is 51.7 Å². The summed E-state index contributed by atoms with van der Waals surface area (Å²) in [6.07, 6.45) is 3.56. The molecular weight excluding hydrogens is 662 g/mol. The third-order valence-corrected chi connectivity index (χ3v) is 8.03. The van der Waals surface area contributed by atoms with E-state index >= 15 is 0 Å². The molecule has 3 saturated heterocycles. The first kappa shape index (κ1) is 43.9. The number of urea groups is 2. The van der Waals surface area contributed by atoms with E-state index in [1.807, 2.05) is 0 Å². The number of anilines is 1. The number of nitrogens with two attached hydrogens (primary N) is 1. The second-order valence-electron chi connectivity index (χ2n) is 11.9. The number of nitrogens with zero attached hydrogens (tertiary/aromatic N) is 4. The van der Waals surface area contributed by atoms with Crippen molar-refractivity contribution in [1.29, 1.82) is 0 Å². The fourth-order valence-electron chi connectivity index (χ4n) is 5.05. The van der Waals surface area contributed by atoms with Crippen LogP contribution in [0.2, 0.25) is 0 Å². The van der Waals surface area contributed by atoms with Gasteiger partial charge in [0, 0.05) is 116 Å². The SMILES string of the molecule is C.CCC(=O)NCCN1CCNC1=O.CN1CCN(CCNC(=O)CCCCC(=O)O)C1=O.Nc1ccc(C(=O)NCCN2CCCC2=O)cc1. The summed E-state index contributed by atoms with van der Waals surface area (Å²) in [5.74, 6) is -0.861. The van der Waals surface area contributed by atoms with Crippen molar-refractivity contribution in [2.45, 2.75) is 59.3 Å². The van der Waals surface area contributed by atoms with Crippen LogP contribution in [0.15, 0.2) is 24.3 Å². The van der Waals surface area contributed by atoms with E-state index in [1.54, 1.807) is 57.8 Å². The molecule has 0 unspecified atom stereocenters. The lowest BCUT2D eigenvalue weighted by atomic mass is 10.2. The van der Waals surface area contributed by atoms with Crippen molar-refractivity contribution in [3.63, 3.8) is 0 Å². The maximum absolute atomic E-state index is 11.8. The van der Waals surface area contributed by atoms with Gasteiger partial charge >= 0.3 is 18.0 Å². The largest absolute Gasteiger partial charge is 0.481 e. The van der Waals surface area contributed by atoms with Gasteiger partial charge in [-0.25, -0.2) is 9.59 Å². The van der Waals surface area contributed by atoms with Crippen LogP contribution in [0.3, 0.4) is 0 Å². The molecule has 3 heterocycles. The van der Waals surface area contributed by atoms with Gasteiger partial charge in [0.05, 0.1) is 0 Å². The van der Waals surface area contributed by atoms with Gasteiger partial charge in [-0.1, -0.05) is 14.4 Å². The van der Waals surface area contributed by atoms with Crippen LogP contribution in [0, 0.1) is 0 Å². The van der Waals surface area contributed by atoms with E-state index < -0.39 is 5.97 Å². The number of benzene rings is 1. The third kappa shape index (κ3) is 17.4. The van der Waals surface area contributed by atoms with Gasteiger partial charge in [-0.2, -0.15) is 0 Å². The van der Waals surface area contributed by atoms with E-state index in [1.165, 1.54) is 0 Å². The molecule has 51 heavy (non-hydrogen) atoms. The summed E-state index contributed by atoms with van der Waals surface area (Å²) >= 11 is 0. The Morgan fingerprint density at radius 2 is 1.41 bits per heavy atom. The third-order valence-electron chi connectivity index (χ3n) is 8.03. The Bertz CT molecular complexity index is 1290. The number of nitrogens with one attached hydrogen (secondary N) is 4. The maximum Gasteiger partial charge on any atom is 0.319 e. The van der Waals surface area contributed by atoms with E-state index in [2.05, 4.69) is 21.3 Å². The van der Waals surface area contributed by atoms with Crippen LogP contribution >= 0.6 is 0 Å². The predicted molar refractivity (Wildman–Crippen MR) is 193 cm³/mol. The minimum absolute atomic E-state index is 0. The van der Waals surface area contributed by atoms with Gasteiger partial charge in [0.1, 0.15) is 0 Å². The number of carboxylic acid groups (broad SMARTS) is 1. The highest BCUT2D eigenvalue weighted by Gasteiger charge is 2.24. The first-order chi connectivity index (χ1) is 23.9. The number of rotatable bonds is 16. The standard InChI is InChI=1S/C13H17N3O2.C12H21N3O4.C8H15N3O2.CH4/c14-11-5-3-10(4-6-11)13(18)15-7-9-16-8-1-2-12(16)17;1-14-8-9-15(12(14)19)7-6-13-10(16)4-2-3-5-11(17)18;1-2-7(12)9-3-5-11-6-4-10-8(11)13;/h3-6H,1-2,7-9,14H2,(H,15,18);2-9H2,1H3,(H,13,16)(H,17,18);2-6H2,1H3,(H,9,12)(H,10,13);1H4. The summed E-state index contributed by atoms with van der Waals surface area (Å²) in [5.41, 5.74) is 6.76. The lowest BCUT2D eigenvalue weighted by Gasteiger charge is -2.16. The van der Waals surface area contributed by atoms with Crippen LogP contribution in [0.1, 0.15) is 69.7 Å². The van der Waals surface area contributed by atoms with E-state index in [-0.39, 0.29) is 49.5 Å². The molecule has 17 heteroatoms. The molecule has 0 radical (unpaired) electrons. The molecule has 3 fully saturated rings. The zero-order valence-corrected chi connectivity index (χ0v) is 29.2. The molecule has 1 aromatic rings. The normalized spacial score (nSPS) is 14.8. The van der Waals surface area contributed by atoms with Crippen molar-refractivity contribution in [2.75, 3.05) is 84.8 Å². The molecule has 0 aromatic heterocycles. The van der Waals surface area contributed by atoms with Crippen molar-refractivity contribution in [3.05, 3.63) is 29.8 Å². The Labute approximate surface area is 300 Å². The quantitative estimate of drug-likeness (QED) is 0.105. The van der Waals surface area contributed by atoms with Crippen LogP contribution < -0.4 is 27.0 Å². The molecule has 7 N–H and O–H groups in total. The zero-order chi connectivity index (χ0) is 36.9. The number of carbonyl (C=O) groups excluding carboxylic acids is 6. The Balaban J connectivity index is 0.000000385. The molecule has 0 bridgehead atoms. The van der Waals surface area contributed by atoms with E-state index in [9.17, 15) is 33.6 Å². The number of carbonyl (C=O) groups is 7. The molecule has 286 valence electrons. The monoisotopic (exact) mass is 719 g/mol. The number of carboxylic acids is 1. The lowest BCUT2D eigenvalue weighted by Crippen LogP contribution is -2.37. The molecule has 1 aromatic carbocycles. The first-order valence-electron chi connectivity index (χ1n) is 17.1. The van der Waals surface area contributed by atoms with Crippen molar-refractivity contribution in [2.24, 2.45) is 0 Å². The highest BCUT2D eigenvalue weighted by molar-refractivity contribution is 5.94. The second kappa shape index (κ2) is 24.1. The number of likely N-dealkylation sites (tertiary alicyclic amines) is 1. The van der Waals surface area contributed by atoms with E-state index in [0.29, 0.717) is 95.7 Å². The summed E-state index contributed by atoms with van der Waals surface area (Å²) in [4.78, 5) is 85.0. The summed E-state index contributed by atoms with van der Waals surface area (Å²) in [7, 11) is 1.75. The topological polar surface area (TPSA) is 227 Å². The molecule has 0 aliphatic carbocycles. The second-order valence-corrected chi connectivity index (χ2v) is 11.9. The fourth-order valence-corrected chi connectivity index (χ4v) is 5.05. The first-order valence-corrected chi connectivity index (χ1v) is 17.1. The molecule has 0 saturated carbocycles. The molecule has 3 aliphatic heterocycles. The lowest BCUT2D eigenvalue weighted by molar-refractivity contribution is -0.137. The predicted octanol–water partition coefficient (Wildman–Crippen LogP) is 0.910. The number of hydrogen-bond acceptors (Lipinski definition) is 8. The molecule has 17 nitrogen and oxygen atoms in total. The van der Waals surface area contributed by atoms with Crippen molar-refractivity contribution in [3.8, 4) is 0 Å². The van der Waals surface area contributed by atoms with Crippen LogP contribution in [0.25, 0.3) is 0 Å². The molecule has 3 aliphatic rings. The highest BCUT2D eigenvalue weighted by Crippen LogP contribution is 2.09. The van der Waals surface area contributed by atoms with Crippen LogP contribution in [0.4, 0.5) is 15.3 Å². The molecule has 8 amide bonds. The summed E-state index contributed by atoms with van der Waals surface area (Å²) in [6, 6.07) is 6.72. The van der Waals surface area contributed by atoms with Crippen LogP contribution in [0.5, 0.6) is 0 Å². The number of aliphatic carboxylic acids is 1. The molecule has 0 spiro atoms. The Hall–Kier alpha value is -5.09. The Morgan fingerprint density at radius 1 is 0.804 bits per heavy atom. The van der Waals surface area contributed by atoms with E-state index in [0.717, 1.165) is 26.1 Å². The molecule has 4 rings (SSSR count). The minimum Gasteiger partial charge on any atom is -0.481 e. The van der Waals surface area contributed by atoms with Gasteiger partial charge in [-0.05, 0) is 43.5 Å². The van der Waals surface area contributed by atoms with Gasteiger partial charge in [-0.3, -0.25) is 24.0 Å². The van der Waals surface area contributed by atoms with Gasteiger partial charge in [0.2, 0.25) is 17.7 Å². The summed E-state index contributed by atoms with van der Waals surface area (Å²) in [6.45, 7) is 8.63. The average Bonchev–Trinajstić information content (AvgIpc) is 3.79. The smallest absolute Gasteiger partial charge is 0.319 e. The van der Waals surface area contributed by atoms with Crippen LogP contribution in [-0.4, -0.2) is 145 Å². The Kier molecular flexibility index (Phi) is 20.8. The maximum atomic E-state index is 11.8. The van der Waals surface area contributed by atoms with Gasteiger partial charge in [-0.15, -0.1) is 0 Å². The van der Waals surface area contributed by atoms with Gasteiger partial charge in [0.15, 0.2) is 0 Å².